The van der Waals surface area contributed by atoms with Crippen molar-refractivity contribution >= 4 is 5.91 Å². The molecule has 1 aromatic rings. The van der Waals surface area contributed by atoms with Crippen LogP contribution in [0, 0.1) is 11.7 Å². The third-order valence-electron chi connectivity index (χ3n) is 5.48. The Balaban J connectivity index is 1.56. The number of rotatable bonds is 5. The number of amides is 1. The molecular weight excluding hydrogens is 333 g/mol. The lowest BCUT2D eigenvalue weighted by molar-refractivity contribution is -0.124. The summed E-state index contributed by atoms with van der Waals surface area (Å²) >= 11 is 0. The lowest BCUT2D eigenvalue weighted by Gasteiger charge is -2.40. The Bertz CT molecular complexity index is 592. The lowest BCUT2D eigenvalue weighted by Crippen LogP contribution is -2.49. The Morgan fingerprint density at radius 2 is 1.77 bits per heavy atom. The number of carbonyl (C=O) groups is 1. The molecule has 2 N–H and O–H groups in total. The van der Waals surface area contributed by atoms with Gasteiger partial charge in [0.25, 0.3) is 0 Å². The molecular formula is C20H30FN3O2. The second-order valence-corrected chi connectivity index (χ2v) is 7.81. The van der Waals surface area contributed by atoms with Gasteiger partial charge in [-0.2, -0.15) is 0 Å². The van der Waals surface area contributed by atoms with E-state index in [1.54, 1.807) is 12.1 Å². The average Bonchev–Trinajstić information content (AvgIpc) is 2.57. The third-order valence-corrected chi connectivity index (χ3v) is 5.48. The molecule has 6 heteroatoms. The summed E-state index contributed by atoms with van der Waals surface area (Å²) in [4.78, 5) is 16.7. The standard InChI is InChI=1S/C20H30FN3O2/c1-14-11-23(12-15(2)26-14)13-16-7-9-24(10-8-16)19(20(22)25)17-3-5-18(21)6-4-17/h3-6,14-16,19H,7-13H2,1-2H3,(H2,22,25). The zero-order valence-electron chi connectivity index (χ0n) is 15.7. The van der Waals surface area contributed by atoms with Crippen LogP contribution in [0.15, 0.2) is 24.3 Å². The molecule has 2 heterocycles. The minimum Gasteiger partial charge on any atom is -0.373 e. The highest BCUT2D eigenvalue weighted by atomic mass is 19.1. The first-order valence-corrected chi connectivity index (χ1v) is 9.59. The molecule has 0 aliphatic carbocycles. The SMILES string of the molecule is CC1CN(CC2CCN(C(C(N)=O)c3ccc(F)cc3)CC2)CC(C)O1. The molecule has 3 unspecified atom stereocenters. The summed E-state index contributed by atoms with van der Waals surface area (Å²) in [5.41, 5.74) is 6.43. The van der Waals surface area contributed by atoms with Gasteiger partial charge >= 0.3 is 0 Å². The van der Waals surface area contributed by atoms with E-state index in [0.717, 1.165) is 51.1 Å². The van der Waals surface area contributed by atoms with Crippen LogP contribution in [0.4, 0.5) is 4.39 Å². The van der Waals surface area contributed by atoms with Crippen molar-refractivity contribution in [2.24, 2.45) is 11.7 Å². The summed E-state index contributed by atoms with van der Waals surface area (Å²) < 4.78 is 19.0. The number of nitrogens with zero attached hydrogens (tertiary/aromatic N) is 2. The molecule has 1 amide bonds. The highest BCUT2D eigenvalue weighted by Crippen LogP contribution is 2.28. The zero-order valence-corrected chi connectivity index (χ0v) is 15.7. The lowest BCUT2D eigenvalue weighted by atomic mass is 9.93. The fourth-order valence-corrected chi connectivity index (χ4v) is 4.39. The van der Waals surface area contributed by atoms with E-state index in [0.29, 0.717) is 5.92 Å². The van der Waals surface area contributed by atoms with Crippen LogP contribution in [0.5, 0.6) is 0 Å². The number of hydrogen-bond donors (Lipinski definition) is 1. The summed E-state index contributed by atoms with van der Waals surface area (Å²) in [6, 6.07) is 5.62. The summed E-state index contributed by atoms with van der Waals surface area (Å²) in [5, 5.41) is 0. The smallest absolute Gasteiger partial charge is 0.239 e. The fraction of sp³-hybridized carbons (Fsp3) is 0.650. The molecule has 0 radical (unpaired) electrons. The molecule has 0 aromatic heterocycles. The predicted molar refractivity (Wildman–Crippen MR) is 99.1 cm³/mol. The van der Waals surface area contributed by atoms with E-state index in [1.165, 1.54) is 12.1 Å². The molecule has 0 spiro atoms. The number of piperidine rings is 1. The average molecular weight is 363 g/mol. The van der Waals surface area contributed by atoms with E-state index in [4.69, 9.17) is 10.5 Å². The molecule has 2 aliphatic heterocycles. The number of benzene rings is 1. The minimum atomic E-state index is -0.472. The number of nitrogens with two attached hydrogens (primary N) is 1. The Labute approximate surface area is 155 Å². The highest BCUT2D eigenvalue weighted by molar-refractivity contribution is 5.81. The number of hydrogen-bond acceptors (Lipinski definition) is 4. The van der Waals surface area contributed by atoms with Crippen molar-refractivity contribution in [3.05, 3.63) is 35.6 Å². The summed E-state index contributed by atoms with van der Waals surface area (Å²) in [5.74, 6) is -0.0407. The van der Waals surface area contributed by atoms with E-state index < -0.39 is 6.04 Å². The van der Waals surface area contributed by atoms with Crippen molar-refractivity contribution < 1.29 is 13.9 Å². The third kappa shape index (κ3) is 4.81. The molecule has 2 saturated heterocycles. The Hall–Kier alpha value is -1.50. The topological polar surface area (TPSA) is 58.8 Å². The van der Waals surface area contributed by atoms with Crippen molar-refractivity contribution in [2.45, 2.75) is 44.9 Å². The van der Waals surface area contributed by atoms with Crippen LogP contribution in [0.2, 0.25) is 0 Å². The van der Waals surface area contributed by atoms with Gasteiger partial charge in [0, 0.05) is 19.6 Å². The number of halogens is 1. The molecule has 1 aromatic carbocycles. The van der Waals surface area contributed by atoms with Gasteiger partial charge in [-0.25, -0.2) is 4.39 Å². The van der Waals surface area contributed by atoms with Crippen LogP contribution >= 0.6 is 0 Å². The maximum absolute atomic E-state index is 13.2. The van der Waals surface area contributed by atoms with Crippen LogP contribution in [0.25, 0.3) is 0 Å². The number of likely N-dealkylation sites (tertiary alicyclic amines) is 1. The predicted octanol–water partition coefficient (Wildman–Crippen LogP) is 2.17. The van der Waals surface area contributed by atoms with Gasteiger partial charge in [-0.05, 0) is 63.4 Å². The van der Waals surface area contributed by atoms with Crippen molar-refractivity contribution in [2.75, 3.05) is 32.7 Å². The van der Waals surface area contributed by atoms with E-state index in [1.807, 2.05) is 0 Å². The molecule has 0 saturated carbocycles. The van der Waals surface area contributed by atoms with Gasteiger partial charge < -0.3 is 10.5 Å². The molecule has 144 valence electrons. The summed E-state index contributed by atoms with van der Waals surface area (Å²) in [6.45, 7) is 9.00. The van der Waals surface area contributed by atoms with Crippen molar-refractivity contribution in [1.82, 2.24) is 9.80 Å². The van der Waals surface area contributed by atoms with Crippen molar-refractivity contribution in [3.8, 4) is 0 Å². The number of carbonyl (C=O) groups excluding carboxylic acids is 1. The molecule has 2 aliphatic rings. The second-order valence-electron chi connectivity index (χ2n) is 7.81. The van der Waals surface area contributed by atoms with E-state index in [9.17, 15) is 9.18 Å². The Kier molecular flexibility index (Phi) is 6.27. The van der Waals surface area contributed by atoms with Crippen LogP contribution in [0.1, 0.15) is 38.3 Å². The normalized spacial score (nSPS) is 27.3. The molecule has 5 nitrogen and oxygen atoms in total. The molecule has 3 atom stereocenters. The van der Waals surface area contributed by atoms with Gasteiger partial charge in [-0.3, -0.25) is 14.6 Å². The van der Waals surface area contributed by atoms with E-state index in [-0.39, 0.29) is 23.9 Å². The van der Waals surface area contributed by atoms with Crippen molar-refractivity contribution in [3.63, 3.8) is 0 Å². The summed E-state index contributed by atoms with van der Waals surface area (Å²) in [6.07, 6.45) is 2.67. The van der Waals surface area contributed by atoms with Gasteiger partial charge in [-0.15, -0.1) is 0 Å². The van der Waals surface area contributed by atoms with E-state index >= 15 is 0 Å². The molecule has 2 fully saturated rings. The number of primary amides is 1. The maximum Gasteiger partial charge on any atom is 0.239 e. The largest absolute Gasteiger partial charge is 0.373 e. The Morgan fingerprint density at radius 3 is 2.31 bits per heavy atom. The van der Waals surface area contributed by atoms with Gasteiger partial charge in [0.05, 0.1) is 12.2 Å². The molecule has 0 bridgehead atoms. The van der Waals surface area contributed by atoms with Crippen LogP contribution in [0.3, 0.4) is 0 Å². The van der Waals surface area contributed by atoms with Crippen LogP contribution < -0.4 is 5.73 Å². The molecule has 26 heavy (non-hydrogen) atoms. The first kappa shape index (κ1) is 19.3. The monoisotopic (exact) mass is 363 g/mol. The minimum absolute atomic E-state index is 0.288. The first-order valence-electron chi connectivity index (χ1n) is 9.59. The molecule has 3 rings (SSSR count). The zero-order chi connectivity index (χ0) is 18.7. The van der Waals surface area contributed by atoms with Crippen molar-refractivity contribution in [1.29, 1.82) is 0 Å². The van der Waals surface area contributed by atoms with E-state index in [2.05, 4.69) is 23.6 Å². The van der Waals surface area contributed by atoms with Crippen LogP contribution in [-0.2, 0) is 9.53 Å². The quantitative estimate of drug-likeness (QED) is 0.871. The second kappa shape index (κ2) is 8.46. The van der Waals surface area contributed by atoms with Crippen LogP contribution in [-0.4, -0.2) is 60.6 Å². The maximum atomic E-state index is 13.2. The number of morpholine rings is 1. The van der Waals surface area contributed by atoms with Gasteiger partial charge in [-0.1, -0.05) is 12.1 Å². The fourth-order valence-electron chi connectivity index (χ4n) is 4.39. The van der Waals surface area contributed by atoms with Gasteiger partial charge in [0.1, 0.15) is 11.9 Å². The highest BCUT2D eigenvalue weighted by Gasteiger charge is 2.31. The van der Waals surface area contributed by atoms with Gasteiger partial charge in [0.15, 0.2) is 0 Å². The Morgan fingerprint density at radius 1 is 1.19 bits per heavy atom. The first-order chi connectivity index (χ1) is 12.4. The number of ether oxygens (including phenoxy) is 1. The van der Waals surface area contributed by atoms with Gasteiger partial charge in [0.2, 0.25) is 5.91 Å². The summed E-state index contributed by atoms with van der Waals surface area (Å²) in [7, 11) is 0.